The van der Waals surface area contributed by atoms with E-state index in [-0.39, 0.29) is 5.91 Å². The predicted octanol–water partition coefficient (Wildman–Crippen LogP) is 5.20. The van der Waals surface area contributed by atoms with E-state index in [1.54, 1.807) is 0 Å². The smallest absolute Gasteiger partial charge is 0.242 e. The quantitative estimate of drug-likeness (QED) is 0.524. The average Bonchev–Trinajstić information content (AvgIpc) is 3.36. The van der Waals surface area contributed by atoms with Crippen LogP contribution in [0, 0.1) is 13.8 Å². The van der Waals surface area contributed by atoms with Gasteiger partial charge in [-0.15, -0.1) is 10.2 Å². The fourth-order valence-electron chi connectivity index (χ4n) is 2.97. The SMILES string of the molecule is Cc1cc(C)cc(NC(=O)[C@H](Sc2nnc(NC3CC3)s2)c2ccccc2)c1. The number of carbonyl (C=O) groups is 1. The standard InChI is InChI=1S/C21H22N4OS2/c1-13-10-14(2)12-17(11-13)22-19(26)18(15-6-4-3-5-7-15)27-21-25-24-20(28-21)23-16-8-9-16/h3-7,10-12,16,18H,8-9H2,1-2H3,(H,22,26)(H,23,24)/t18-/m1/s1. The maximum atomic E-state index is 13.1. The Labute approximate surface area is 173 Å². The van der Waals surface area contributed by atoms with Gasteiger partial charge >= 0.3 is 0 Å². The molecular formula is C21H22N4OS2. The lowest BCUT2D eigenvalue weighted by Crippen LogP contribution is -2.19. The Hall–Kier alpha value is -2.38. The summed E-state index contributed by atoms with van der Waals surface area (Å²) in [7, 11) is 0. The van der Waals surface area contributed by atoms with Gasteiger partial charge in [-0.1, -0.05) is 59.5 Å². The van der Waals surface area contributed by atoms with Gasteiger partial charge in [-0.2, -0.15) is 0 Å². The van der Waals surface area contributed by atoms with Crippen molar-refractivity contribution >= 4 is 39.8 Å². The first-order valence-corrected chi connectivity index (χ1v) is 11.0. The molecule has 1 aromatic heterocycles. The summed E-state index contributed by atoms with van der Waals surface area (Å²) in [5, 5.41) is 15.3. The maximum absolute atomic E-state index is 13.1. The lowest BCUT2D eigenvalue weighted by Gasteiger charge is -2.16. The van der Waals surface area contributed by atoms with E-state index in [0.717, 1.165) is 31.8 Å². The molecule has 28 heavy (non-hydrogen) atoms. The molecule has 1 amide bonds. The third-order valence-electron chi connectivity index (χ3n) is 4.36. The van der Waals surface area contributed by atoms with Crippen LogP contribution in [0.3, 0.4) is 0 Å². The number of rotatable bonds is 7. The Kier molecular flexibility index (Phi) is 5.64. The summed E-state index contributed by atoms with van der Waals surface area (Å²) >= 11 is 2.94. The molecule has 5 nitrogen and oxygen atoms in total. The second-order valence-corrected chi connectivity index (χ2v) is 9.40. The Morgan fingerprint density at radius 2 is 1.82 bits per heavy atom. The van der Waals surface area contributed by atoms with Gasteiger partial charge in [0, 0.05) is 11.7 Å². The molecule has 3 aromatic rings. The molecule has 144 valence electrons. The Bertz CT molecular complexity index is 949. The van der Waals surface area contributed by atoms with Gasteiger partial charge in [-0.3, -0.25) is 4.79 Å². The van der Waals surface area contributed by atoms with Crippen LogP contribution in [0.15, 0.2) is 52.9 Å². The van der Waals surface area contributed by atoms with E-state index < -0.39 is 5.25 Å². The van der Waals surface area contributed by atoms with E-state index >= 15 is 0 Å². The third-order valence-corrected chi connectivity index (χ3v) is 6.55. The Morgan fingerprint density at radius 3 is 2.50 bits per heavy atom. The molecule has 1 saturated carbocycles. The molecule has 0 unspecified atom stereocenters. The van der Waals surface area contributed by atoms with Crippen LogP contribution in [0.25, 0.3) is 0 Å². The summed E-state index contributed by atoms with van der Waals surface area (Å²) in [6, 6.07) is 16.4. The summed E-state index contributed by atoms with van der Waals surface area (Å²) in [6.45, 7) is 4.06. The Morgan fingerprint density at radius 1 is 1.11 bits per heavy atom. The molecule has 0 aliphatic heterocycles. The van der Waals surface area contributed by atoms with Crippen LogP contribution in [0.4, 0.5) is 10.8 Å². The van der Waals surface area contributed by atoms with Crippen LogP contribution >= 0.6 is 23.1 Å². The van der Waals surface area contributed by atoms with Gasteiger partial charge in [0.2, 0.25) is 11.0 Å². The second-order valence-electron chi connectivity index (χ2n) is 7.07. The van der Waals surface area contributed by atoms with E-state index in [4.69, 9.17) is 0 Å². The van der Waals surface area contributed by atoms with Crippen LogP contribution in [-0.2, 0) is 4.79 Å². The fourth-order valence-corrected chi connectivity index (χ4v) is 5.00. The zero-order valence-electron chi connectivity index (χ0n) is 15.8. The van der Waals surface area contributed by atoms with Gasteiger partial charge in [0.25, 0.3) is 0 Å². The highest BCUT2D eigenvalue weighted by atomic mass is 32.2. The molecule has 0 bridgehead atoms. The molecule has 2 N–H and O–H groups in total. The highest BCUT2D eigenvalue weighted by Crippen LogP contribution is 2.39. The fraction of sp³-hybridized carbons (Fsp3) is 0.286. The molecule has 0 saturated heterocycles. The van der Waals surface area contributed by atoms with Crippen LogP contribution in [-0.4, -0.2) is 22.1 Å². The van der Waals surface area contributed by atoms with E-state index in [2.05, 4.69) is 26.9 Å². The largest absolute Gasteiger partial charge is 0.357 e. The monoisotopic (exact) mass is 410 g/mol. The minimum Gasteiger partial charge on any atom is -0.357 e. The van der Waals surface area contributed by atoms with Crippen molar-refractivity contribution < 1.29 is 4.79 Å². The maximum Gasteiger partial charge on any atom is 0.242 e. The summed E-state index contributed by atoms with van der Waals surface area (Å²) in [5.41, 5.74) is 4.01. The van der Waals surface area contributed by atoms with Crippen molar-refractivity contribution in [3.63, 3.8) is 0 Å². The molecule has 4 rings (SSSR count). The normalized spacial score (nSPS) is 14.5. The number of amides is 1. The minimum absolute atomic E-state index is 0.0619. The number of aryl methyl sites for hydroxylation is 2. The molecule has 1 atom stereocenters. The van der Waals surface area contributed by atoms with Crippen molar-refractivity contribution in [1.29, 1.82) is 0 Å². The number of benzene rings is 2. The summed E-state index contributed by atoms with van der Waals surface area (Å²) in [5.74, 6) is -0.0619. The van der Waals surface area contributed by atoms with Crippen molar-refractivity contribution in [2.75, 3.05) is 10.6 Å². The van der Waals surface area contributed by atoms with Crippen molar-refractivity contribution in [2.24, 2.45) is 0 Å². The molecular weight excluding hydrogens is 388 g/mol. The number of hydrogen-bond donors (Lipinski definition) is 2. The highest BCUT2D eigenvalue weighted by Gasteiger charge is 2.26. The molecule has 1 aliphatic rings. The van der Waals surface area contributed by atoms with E-state index in [9.17, 15) is 4.79 Å². The zero-order chi connectivity index (χ0) is 19.5. The van der Waals surface area contributed by atoms with Crippen LogP contribution in [0.1, 0.15) is 34.8 Å². The van der Waals surface area contributed by atoms with Gasteiger partial charge in [0.15, 0.2) is 4.34 Å². The summed E-state index contributed by atoms with van der Waals surface area (Å²) < 4.78 is 0.785. The topological polar surface area (TPSA) is 66.9 Å². The summed E-state index contributed by atoms with van der Waals surface area (Å²) in [6.07, 6.45) is 2.38. The van der Waals surface area contributed by atoms with Gasteiger partial charge in [0.05, 0.1) is 0 Å². The number of carbonyl (C=O) groups excluding carboxylic acids is 1. The molecule has 7 heteroatoms. The molecule has 1 heterocycles. The van der Waals surface area contributed by atoms with Crippen molar-refractivity contribution in [1.82, 2.24) is 10.2 Å². The number of hydrogen-bond acceptors (Lipinski definition) is 6. The number of anilines is 2. The number of nitrogens with zero attached hydrogens (tertiary/aromatic N) is 2. The van der Waals surface area contributed by atoms with Crippen molar-refractivity contribution in [3.8, 4) is 0 Å². The van der Waals surface area contributed by atoms with Gasteiger partial charge in [-0.05, 0) is 55.5 Å². The van der Waals surface area contributed by atoms with Gasteiger partial charge in [-0.25, -0.2) is 0 Å². The molecule has 0 radical (unpaired) electrons. The van der Waals surface area contributed by atoms with E-state index in [1.165, 1.54) is 35.9 Å². The summed E-state index contributed by atoms with van der Waals surface area (Å²) in [4.78, 5) is 13.1. The van der Waals surface area contributed by atoms with Crippen LogP contribution in [0.5, 0.6) is 0 Å². The van der Waals surface area contributed by atoms with Crippen molar-refractivity contribution in [3.05, 3.63) is 65.2 Å². The number of aromatic nitrogens is 2. The lowest BCUT2D eigenvalue weighted by atomic mass is 10.1. The van der Waals surface area contributed by atoms with E-state index in [0.29, 0.717) is 6.04 Å². The minimum atomic E-state index is -0.399. The van der Waals surface area contributed by atoms with Crippen LogP contribution in [0.2, 0.25) is 0 Å². The molecule has 1 aliphatic carbocycles. The average molecular weight is 411 g/mol. The first kappa shape index (κ1) is 19.0. The van der Waals surface area contributed by atoms with E-state index in [1.807, 2.05) is 56.3 Å². The van der Waals surface area contributed by atoms with Gasteiger partial charge in [0.1, 0.15) is 5.25 Å². The second kappa shape index (κ2) is 8.32. The van der Waals surface area contributed by atoms with Crippen LogP contribution < -0.4 is 10.6 Å². The number of nitrogens with one attached hydrogen (secondary N) is 2. The molecule has 2 aromatic carbocycles. The van der Waals surface area contributed by atoms with Crippen molar-refractivity contribution in [2.45, 2.75) is 42.3 Å². The zero-order valence-corrected chi connectivity index (χ0v) is 17.4. The number of thioether (sulfide) groups is 1. The first-order valence-electron chi connectivity index (χ1n) is 9.27. The molecule has 1 fully saturated rings. The Balaban J connectivity index is 1.54. The first-order chi connectivity index (χ1) is 13.6. The predicted molar refractivity (Wildman–Crippen MR) is 116 cm³/mol. The highest BCUT2D eigenvalue weighted by molar-refractivity contribution is 8.02. The third kappa shape index (κ3) is 4.91. The van der Waals surface area contributed by atoms with Gasteiger partial charge < -0.3 is 10.6 Å². The lowest BCUT2D eigenvalue weighted by molar-refractivity contribution is -0.115. The molecule has 0 spiro atoms.